The zero-order chi connectivity index (χ0) is 46.6. The second kappa shape index (κ2) is 15.4. The minimum absolute atomic E-state index is 0.558. The molecule has 0 saturated heterocycles. The quantitative estimate of drug-likeness (QED) is 0.166. The van der Waals surface area contributed by atoms with Crippen molar-refractivity contribution in [2.75, 3.05) is 4.90 Å². The van der Waals surface area contributed by atoms with Gasteiger partial charge in [0.15, 0.2) is 40.5 Å². The molecule has 2 aliphatic heterocycles. The van der Waals surface area contributed by atoms with Gasteiger partial charge in [-0.1, -0.05) is 152 Å². The maximum atomic E-state index is 6.78. The number of benzene rings is 10. The summed E-state index contributed by atoms with van der Waals surface area (Å²) in [6.07, 6.45) is 0. The first kappa shape index (κ1) is 39.2. The van der Waals surface area contributed by atoms with Gasteiger partial charge >= 0.3 is 0 Å². The molecule has 5 heterocycles. The van der Waals surface area contributed by atoms with Crippen LogP contribution in [0.15, 0.2) is 231 Å². The van der Waals surface area contributed by atoms with E-state index in [1.54, 1.807) is 0 Å². The van der Waals surface area contributed by atoms with Gasteiger partial charge in [-0.05, 0) is 84.4 Å². The van der Waals surface area contributed by atoms with Crippen molar-refractivity contribution < 1.29 is 9.47 Å². The van der Waals surface area contributed by atoms with E-state index in [-0.39, 0.29) is 0 Å². The molecule has 0 aliphatic carbocycles. The highest BCUT2D eigenvalue weighted by molar-refractivity contribution is 6.15. The average molecular weight is 911 g/mol. The number of anilines is 3. The third-order valence-electron chi connectivity index (χ3n) is 13.9. The molecule has 3 aromatic heterocycles. The van der Waals surface area contributed by atoms with Gasteiger partial charge < -0.3 is 18.6 Å². The minimum Gasteiger partial charge on any atom is -0.453 e. The van der Waals surface area contributed by atoms with Crippen LogP contribution in [0.5, 0.6) is 23.0 Å². The van der Waals surface area contributed by atoms with Crippen molar-refractivity contribution in [3.8, 4) is 79.7 Å². The number of para-hydroxylation sites is 10. The van der Waals surface area contributed by atoms with Crippen LogP contribution in [0.25, 0.3) is 100 Å². The van der Waals surface area contributed by atoms with E-state index in [1.807, 2.05) is 54.6 Å². The van der Waals surface area contributed by atoms with Crippen molar-refractivity contribution in [1.82, 2.24) is 24.1 Å². The number of hydrogen-bond acceptors (Lipinski definition) is 6. The van der Waals surface area contributed by atoms with E-state index in [1.165, 1.54) is 10.8 Å². The van der Waals surface area contributed by atoms with E-state index in [0.717, 1.165) is 112 Å². The normalized spacial score (nSPS) is 12.4. The maximum absolute atomic E-state index is 6.78. The van der Waals surface area contributed by atoms with Crippen molar-refractivity contribution in [3.05, 3.63) is 231 Å². The van der Waals surface area contributed by atoms with Crippen LogP contribution in [0.1, 0.15) is 0 Å². The minimum atomic E-state index is 0.558. The molecule has 2 aliphatic rings. The Bertz CT molecular complexity index is 4200. The zero-order valence-electron chi connectivity index (χ0n) is 37.9. The number of nitrogens with zero attached hydrogens (tertiary/aromatic N) is 6. The fraction of sp³-hybridized carbons (Fsp3) is 0. The van der Waals surface area contributed by atoms with Crippen molar-refractivity contribution in [3.63, 3.8) is 0 Å². The average Bonchev–Trinajstić information content (AvgIpc) is 3.96. The molecule has 332 valence electrons. The summed E-state index contributed by atoms with van der Waals surface area (Å²) in [6.45, 7) is 0. The van der Waals surface area contributed by atoms with E-state index >= 15 is 0 Å². The van der Waals surface area contributed by atoms with E-state index in [2.05, 4.69) is 190 Å². The van der Waals surface area contributed by atoms with Crippen molar-refractivity contribution in [2.45, 2.75) is 0 Å². The van der Waals surface area contributed by atoms with E-state index in [4.69, 9.17) is 24.4 Å². The summed E-state index contributed by atoms with van der Waals surface area (Å²) in [5.74, 6) is 4.72. The highest BCUT2D eigenvalue weighted by Gasteiger charge is 2.35. The van der Waals surface area contributed by atoms with Crippen LogP contribution in [0.2, 0.25) is 0 Å². The standard InChI is InChI=1S/C63H38N6O2/c1-2-19-39(20-3-1)61-64-62(46-24-7-12-31-51(46)67-48-28-9-4-21-42(48)43-22-5-10-29-49(43)67)66-63(65-61)47-25-8-13-32-52(47)68-50-30-11-6-23-44(50)45-27-18-26-41(59(45)68)40-37-57-60-58(38-40)71-56-36-17-15-34-54(56)69(60)53-33-14-16-35-55(53)70-57/h1-38H. The Morgan fingerprint density at radius 3 is 1.31 bits per heavy atom. The monoisotopic (exact) mass is 910 g/mol. The second-order valence-corrected chi connectivity index (χ2v) is 17.9. The van der Waals surface area contributed by atoms with E-state index in [9.17, 15) is 0 Å². The Labute approximate surface area is 407 Å². The van der Waals surface area contributed by atoms with Crippen LogP contribution in [0.4, 0.5) is 17.1 Å². The molecule has 0 fully saturated rings. The molecule has 0 saturated carbocycles. The Balaban J connectivity index is 0.959. The van der Waals surface area contributed by atoms with Crippen molar-refractivity contribution in [1.29, 1.82) is 0 Å². The zero-order valence-corrected chi connectivity index (χ0v) is 37.9. The summed E-state index contributed by atoms with van der Waals surface area (Å²) in [4.78, 5) is 18.4. The van der Waals surface area contributed by atoms with E-state index in [0.29, 0.717) is 17.5 Å². The molecule has 0 bridgehead atoms. The SMILES string of the molecule is c1ccc(-c2nc(-c3ccccc3-n3c4ccccc4c4ccccc43)nc(-c3ccccc3-n3c4ccccc4c4cccc(-c5cc6c7c(c5)Oc5ccccc5N7c5ccccc5O6)c43)n2)cc1. The molecule has 0 radical (unpaired) electrons. The highest BCUT2D eigenvalue weighted by atomic mass is 16.5. The molecule has 8 nitrogen and oxygen atoms in total. The summed E-state index contributed by atoms with van der Waals surface area (Å²) in [6, 6.07) is 80.0. The van der Waals surface area contributed by atoms with Crippen molar-refractivity contribution >= 4 is 60.7 Å². The lowest BCUT2D eigenvalue weighted by Crippen LogP contribution is -2.20. The summed E-state index contributed by atoms with van der Waals surface area (Å²) < 4.78 is 18.3. The summed E-state index contributed by atoms with van der Waals surface area (Å²) in [5.41, 5.74) is 13.7. The lowest BCUT2D eigenvalue weighted by Gasteiger charge is -2.38. The van der Waals surface area contributed by atoms with Crippen LogP contribution < -0.4 is 14.4 Å². The number of aromatic nitrogens is 5. The van der Waals surface area contributed by atoms with Gasteiger partial charge in [-0.25, -0.2) is 15.0 Å². The molecule has 13 aromatic rings. The van der Waals surface area contributed by atoms with Crippen LogP contribution in [-0.2, 0) is 0 Å². The molecular weight excluding hydrogens is 873 g/mol. The van der Waals surface area contributed by atoms with E-state index < -0.39 is 0 Å². The summed E-state index contributed by atoms with van der Waals surface area (Å²) >= 11 is 0. The van der Waals surface area contributed by atoms with Gasteiger partial charge in [0.1, 0.15) is 5.69 Å². The molecule has 71 heavy (non-hydrogen) atoms. The van der Waals surface area contributed by atoms with Crippen LogP contribution in [0, 0.1) is 0 Å². The van der Waals surface area contributed by atoms with Gasteiger partial charge in [-0.15, -0.1) is 0 Å². The molecule has 0 spiro atoms. The van der Waals surface area contributed by atoms with Gasteiger partial charge in [0.05, 0.1) is 44.8 Å². The fourth-order valence-electron chi connectivity index (χ4n) is 10.9. The Kier molecular flexibility index (Phi) is 8.49. The number of hydrogen-bond donors (Lipinski definition) is 0. The predicted octanol–water partition coefficient (Wildman–Crippen LogP) is 16.4. The smallest absolute Gasteiger partial charge is 0.166 e. The Morgan fingerprint density at radius 1 is 0.296 bits per heavy atom. The fourth-order valence-corrected chi connectivity index (χ4v) is 10.9. The highest BCUT2D eigenvalue weighted by Crippen LogP contribution is 2.60. The van der Waals surface area contributed by atoms with Crippen molar-refractivity contribution in [2.24, 2.45) is 0 Å². The van der Waals surface area contributed by atoms with Gasteiger partial charge in [0.25, 0.3) is 0 Å². The number of fused-ring (bicyclic) bond motifs is 10. The van der Waals surface area contributed by atoms with Crippen LogP contribution in [-0.4, -0.2) is 24.1 Å². The lowest BCUT2D eigenvalue weighted by molar-refractivity contribution is 0.446. The third kappa shape index (κ3) is 5.95. The largest absolute Gasteiger partial charge is 0.453 e. The first-order chi connectivity index (χ1) is 35.2. The molecule has 8 heteroatoms. The molecule has 15 rings (SSSR count). The van der Waals surface area contributed by atoms with Gasteiger partial charge in [0, 0.05) is 43.8 Å². The van der Waals surface area contributed by atoms with Gasteiger partial charge in [-0.2, -0.15) is 0 Å². The number of rotatable bonds is 6. The Morgan fingerprint density at radius 2 is 0.718 bits per heavy atom. The van der Waals surface area contributed by atoms with Gasteiger partial charge in [-0.3, -0.25) is 4.90 Å². The third-order valence-corrected chi connectivity index (χ3v) is 13.9. The second-order valence-electron chi connectivity index (χ2n) is 17.9. The van der Waals surface area contributed by atoms with Gasteiger partial charge in [0.2, 0.25) is 0 Å². The molecule has 0 N–H and O–H groups in total. The molecular formula is C63H38N6O2. The topological polar surface area (TPSA) is 70.2 Å². The molecule has 10 aromatic carbocycles. The first-order valence-corrected chi connectivity index (χ1v) is 23.8. The van der Waals surface area contributed by atoms with Crippen LogP contribution >= 0.6 is 0 Å². The Hall–Kier alpha value is -9.79. The number of ether oxygens (including phenoxy) is 2. The molecule has 0 atom stereocenters. The van der Waals surface area contributed by atoms with Crippen LogP contribution in [0.3, 0.4) is 0 Å². The summed E-state index contributed by atoms with van der Waals surface area (Å²) in [7, 11) is 0. The maximum Gasteiger partial charge on any atom is 0.166 e. The molecule has 0 amide bonds. The predicted molar refractivity (Wildman–Crippen MR) is 285 cm³/mol. The first-order valence-electron chi connectivity index (χ1n) is 23.8. The molecule has 0 unspecified atom stereocenters. The summed E-state index contributed by atoms with van der Waals surface area (Å²) in [5, 5.41) is 4.61. The lowest BCUT2D eigenvalue weighted by atomic mass is 9.98.